The summed E-state index contributed by atoms with van der Waals surface area (Å²) in [4.78, 5) is 12.8. The molecule has 0 unspecified atom stereocenters. The zero-order chi connectivity index (χ0) is 22.1. The molecule has 0 saturated heterocycles. The Bertz CT molecular complexity index is 1470. The quantitative estimate of drug-likeness (QED) is 0.508. The Hall–Kier alpha value is -3.13. The van der Waals surface area contributed by atoms with Gasteiger partial charge in [0.15, 0.2) is 9.84 Å². The fourth-order valence-corrected chi connectivity index (χ4v) is 5.07. The Morgan fingerprint density at radius 1 is 1.19 bits per heavy atom. The van der Waals surface area contributed by atoms with Crippen LogP contribution < -0.4 is 5.73 Å². The van der Waals surface area contributed by atoms with Crippen LogP contribution >= 0.6 is 0 Å². The van der Waals surface area contributed by atoms with Gasteiger partial charge < -0.3 is 14.8 Å². The van der Waals surface area contributed by atoms with Gasteiger partial charge in [0.1, 0.15) is 5.76 Å². The molecule has 0 atom stereocenters. The predicted octanol–water partition coefficient (Wildman–Crippen LogP) is 3.98. The molecule has 2 N–H and O–H groups in total. The molecule has 1 amide bonds. The number of sulfone groups is 1. The molecule has 2 heterocycles. The number of primary amides is 1. The van der Waals surface area contributed by atoms with Crippen molar-refractivity contribution in [2.45, 2.75) is 38.1 Å². The first-order valence-corrected chi connectivity index (χ1v) is 12.1. The van der Waals surface area contributed by atoms with Gasteiger partial charge in [0.05, 0.1) is 21.7 Å². The van der Waals surface area contributed by atoms with E-state index in [-0.39, 0.29) is 4.90 Å². The lowest BCUT2D eigenvalue weighted by molar-refractivity contribution is 0.100. The third kappa shape index (κ3) is 3.22. The number of nitrogens with zero attached hydrogens (tertiary/aromatic N) is 2. The van der Waals surface area contributed by atoms with Crippen molar-refractivity contribution >= 4 is 37.6 Å². The summed E-state index contributed by atoms with van der Waals surface area (Å²) in [7, 11) is -3.38. The monoisotopic (exact) mass is 437 g/mol. The normalized spacial score (nSPS) is 14.5. The van der Waals surface area contributed by atoms with Gasteiger partial charge in [-0.25, -0.2) is 8.42 Å². The molecule has 4 aromatic rings. The van der Waals surface area contributed by atoms with Gasteiger partial charge in [0, 0.05) is 34.7 Å². The number of carbonyl (C=O) groups is 1. The molecule has 0 radical (unpaired) electrons. The van der Waals surface area contributed by atoms with Gasteiger partial charge in [0.25, 0.3) is 5.91 Å². The van der Waals surface area contributed by atoms with Gasteiger partial charge >= 0.3 is 0 Å². The molecule has 1 aliphatic rings. The number of amides is 1. The third-order valence-corrected chi connectivity index (χ3v) is 7.19. The van der Waals surface area contributed by atoms with E-state index in [0.29, 0.717) is 22.9 Å². The molecule has 5 rings (SSSR count). The number of nitrogens with two attached hydrogens (primary N) is 1. The highest BCUT2D eigenvalue weighted by Crippen LogP contribution is 2.40. The zero-order valence-corrected chi connectivity index (χ0v) is 18.4. The van der Waals surface area contributed by atoms with Gasteiger partial charge in [-0.05, 0) is 68.5 Å². The zero-order valence-electron chi connectivity index (χ0n) is 17.6. The summed E-state index contributed by atoms with van der Waals surface area (Å²) in [5.41, 5.74) is 10.2. The highest BCUT2D eigenvalue weighted by atomic mass is 32.2. The minimum absolute atomic E-state index is 0.244. The summed E-state index contributed by atoms with van der Waals surface area (Å²) < 4.78 is 31.9. The van der Waals surface area contributed by atoms with Crippen molar-refractivity contribution < 1.29 is 17.7 Å². The van der Waals surface area contributed by atoms with E-state index in [1.807, 2.05) is 26.0 Å². The average Bonchev–Trinajstić information content (AvgIpc) is 3.39. The lowest BCUT2D eigenvalue weighted by Gasteiger charge is -2.11. The molecule has 1 aliphatic carbocycles. The van der Waals surface area contributed by atoms with Gasteiger partial charge in [-0.1, -0.05) is 5.16 Å². The van der Waals surface area contributed by atoms with Crippen molar-refractivity contribution in [3.63, 3.8) is 0 Å². The molecule has 2 aromatic carbocycles. The topological polar surface area (TPSA) is 108 Å². The molecule has 0 aliphatic heterocycles. The summed E-state index contributed by atoms with van der Waals surface area (Å²) in [5.74, 6) is 0.670. The summed E-state index contributed by atoms with van der Waals surface area (Å²) in [5, 5.41) is 5.62. The van der Waals surface area contributed by atoms with Gasteiger partial charge in [-0.15, -0.1) is 0 Å². The second-order valence-electron chi connectivity index (χ2n) is 8.49. The van der Waals surface area contributed by atoms with E-state index < -0.39 is 15.7 Å². The molecule has 1 fully saturated rings. The van der Waals surface area contributed by atoms with Crippen molar-refractivity contribution in [1.82, 2.24) is 9.72 Å². The highest BCUT2D eigenvalue weighted by molar-refractivity contribution is 7.90. The van der Waals surface area contributed by atoms with Crippen LogP contribution in [0.3, 0.4) is 0 Å². The summed E-state index contributed by atoms with van der Waals surface area (Å²) in [6.45, 7) is 4.43. The first kappa shape index (κ1) is 19.8. The van der Waals surface area contributed by atoms with Crippen LogP contribution in [0.1, 0.15) is 34.7 Å². The van der Waals surface area contributed by atoms with Crippen LogP contribution in [0.2, 0.25) is 0 Å². The third-order valence-electron chi connectivity index (χ3n) is 6.08. The number of aryl methyl sites for hydroxylation is 2. The summed E-state index contributed by atoms with van der Waals surface area (Å²) >= 11 is 0. The molecule has 31 heavy (non-hydrogen) atoms. The van der Waals surface area contributed by atoms with E-state index in [2.05, 4.69) is 9.72 Å². The van der Waals surface area contributed by atoms with Gasteiger partial charge in [0.2, 0.25) is 0 Å². The lowest BCUT2D eigenvalue weighted by Crippen LogP contribution is -2.14. The number of fused-ring (bicyclic) bond motifs is 3. The van der Waals surface area contributed by atoms with Crippen LogP contribution in [0.15, 0.2) is 39.8 Å². The van der Waals surface area contributed by atoms with E-state index in [1.54, 1.807) is 18.2 Å². The molecule has 1 saturated carbocycles. The maximum Gasteiger partial charge on any atom is 0.250 e. The highest BCUT2D eigenvalue weighted by Gasteiger charge is 2.27. The van der Waals surface area contributed by atoms with E-state index in [1.165, 1.54) is 6.26 Å². The number of rotatable bonds is 5. The summed E-state index contributed by atoms with van der Waals surface area (Å²) in [6.07, 6.45) is 3.49. The van der Waals surface area contributed by atoms with Crippen molar-refractivity contribution in [3.8, 4) is 11.1 Å². The predicted molar refractivity (Wildman–Crippen MR) is 119 cm³/mol. The van der Waals surface area contributed by atoms with Crippen LogP contribution in [0, 0.1) is 19.8 Å². The van der Waals surface area contributed by atoms with Crippen molar-refractivity contribution in [2.24, 2.45) is 11.7 Å². The molecule has 160 valence electrons. The lowest BCUT2D eigenvalue weighted by atomic mass is 9.98. The second kappa shape index (κ2) is 6.68. The van der Waals surface area contributed by atoms with Crippen LogP contribution in [-0.4, -0.2) is 30.3 Å². The molecular formula is C23H23N3O4S. The Morgan fingerprint density at radius 3 is 2.52 bits per heavy atom. The minimum atomic E-state index is -3.38. The van der Waals surface area contributed by atoms with E-state index in [4.69, 9.17) is 10.3 Å². The molecule has 0 bridgehead atoms. The van der Waals surface area contributed by atoms with Crippen LogP contribution in [0.4, 0.5) is 0 Å². The number of hydrogen-bond acceptors (Lipinski definition) is 5. The smallest absolute Gasteiger partial charge is 0.250 e. The van der Waals surface area contributed by atoms with Crippen LogP contribution in [0.5, 0.6) is 0 Å². The maximum absolute atomic E-state index is 12.5. The van der Waals surface area contributed by atoms with Crippen molar-refractivity contribution in [1.29, 1.82) is 0 Å². The van der Waals surface area contributed by atoms with Gasteiger partial charge in [-0.3, -0.25) is 4.79 Å². The van der Waals surface area contributed by atoms with Crippen LogP contribution in [0.25, 0.3) is 32.9 Å². The fourth-order valence-electron chi connectivity index (χ4n) is 4.42. The number of hydrogen-bond donors (Lipinski definition) is 1. The second-order valence-corrected chi connectivity index (χ2v) is 10.5. The Kier molecular flexibility index (Phi) is 4.27. The summed E-state index contributed by atoms with van der Waals surface area (Å²) in [6, 6.07) is 8.91. The van der Waals surface area contributed by atoms with E-state index in [0.717, 1.165) is 52.3 Å². The first-order valence-electron chi connectivity index (χ1n) is 10.2. The fraction of sp³-hybridized carbons (Fsp3) is 0.304. The van der Waals surface area contributed by atoms with Crippen molar-refractivity contribution in [2.75, 3.05) is 6.26 Å². The van der Waals surface area contributed by atoms with E-state index >= 15 is 0 Å². The van der Waals surface area contributed by atoms with Crippen LogP contribution in [-0.2, 0) is 16.4 Å². The van der Waals surface area contributed by atoms with Gasteiger partial charge in [-0.2, -0.15) is 0 Å². The number of aromatic nitrogens is 2. The largest absolute Gasteiger partial charge is 0.366 e. The molecular weight excluding hydrogens is 414 g/mol. The van der Waals surface area contributed by atoms with E-state index in [9.17, 15) is 13.2 Å². The molecule has 2 aromatic heterocycles. The maximum atomic E-state index is 12.5. The Labute approximate surface area is 179 Å². The number of benzene rings is 2. The molecule has 7 nitrogen and oxygen atoms in total. The first-order chi connectivity index (χ1) is 14.6. The Balaban J connectivity index is 1.93. The van der Waals surface area contributed by atoms with Crippen molar-refractivity contribution in [3.05, 3.63) is 47.3 Å². The SMILES string of the molecule is Cc1noc(C)c1-c1cc(C(N)=O)c2c(c1)c1cc(S(C)(=O)=O)ccc1n2CC1CC1. The standard InChI is InChI=1S/C23H23N3O4S/c1-12-21(13(2)30-25-12)15-8-18-17-10-16(31(3,28)29)6-7-20(17)26(11-14-4-5-14)22(18)19(9-15)23(24)27/h6-10,14H,4-5,11H2,1-3H3,(H2,24,27). The average molecular weight is 438 g/mol. The minimum Gasteiger partial charge on any atom is -0.366 e. The molecule has 0 spiro atoms. The Morgan fingerprint density at radius 2 is 1.94 bits per heavy atom. The molecule has 8 heteroatoms. The number of carbonyl (C=O) groups excluding carboxylic acids is 1.